The van der Waals surface area contributed by atoms with Crippen molar-refractivity contribution >= 4 is 11.6 Å². The van der Waals surface area contributed by atoms with Crippen molar-refractivity contribution in [1.82, 2.24) is 10.2 Å². The standard InChI is InChI=1S/C12H21ClN2/c1-2-11-8-14-12(10-4-5-10)9-15(11)7-3-6-13/h3,6,10-12,14H,2,4-5,7-9H2,1H3/b6-3+. The predicted molar refractivity (Wildman–Crippen MR) is 65.2 cm³/mol. The van der Waals surface area contributed by atoms with Gasteiger partial charge >= 0.3 is 0 Å². The highest BCUT2D eigenvalue weighted by Gasteiger charge is 2.36. The van der Waals surface area contributed by atoms with Gasteiger partial charge in [-0.1, -0.05) is 24.6 Å². The van der Waals surface area contributed by atoms with Crippen LogP contribution in [0, 0.1) is 5.92 Å². The molecular formula is C12H21ClN2. The second-order valence-electron chi connectivity index (χ2n) is 4.73. The van der Waals surface area contributed by atoms with Gasteiger partial charge < -0.3 is 5.32 Å². The van der Waals surface area contributed by atoms with Crippen LogP contribution in [0.5, 0.6) is 0 Å². The summed E-state index contributed by atoms with van der Waals surface area (Å²) in [6, 6.07) is 1.42. The molecule has 0 amide bonds. The summed E-state index contributed by atoms with van der Waals surface area (Å²) in [7, 11) is 0. The fraction of sp³-hybridized carbons (Fsp3) is 0.833. The lowest BCUT2D eigenvalue weighted by Crippen LogP contribution is -2.56. The smallest absolute Gasteiger partial charge is 0.0224 e. The average Bonchev–Trinajstić information content (AvgIpc) is 3.09. The minimum absolute atomic E-state index is 0.688. The van der Waals surface area contributed by atoms with Gasteiger partial charge in [0.2, 0.25) is 0 Å². The van der Waals surface area contributed by atoms with E-state index in [1.807, 2.05) is 0 Å². The Kier molecular flexibility index (Phi) is 4.06. The molecule has 2 nitrogen and oxygen atoms in total. The molecule has 15 heavy (non-hydrogen) atoms. The third kappa shape index (κ3) is 2.96. The van der Waals surface area contributed by atoms with E-state index >= 15 is 0 Å². The molecule has 1 saturated heterocycles. The Morgan fingerprint density at radius 2 is 2.27 bits per heavy atom. The van der Waals surface area contributed by atoms with Gasteiger partial charge in [0.1, 0.15) is 0 Å². The zero-order chi connectivity index (χ0) is 10.7. The second-order valence-corrected chi connectivity index (χ2v) is 4.98. The number of piperazine rings is 1. The van der Waals surface area contributed by atoms with Crippen LogP contribution in [0.25, 0.3) is 0 Å². The van der Waals surface area contributed by atoms with E-state index in [2.05, 4.69) is 23.2 Å². The molecule has 1 heterocycles. The third-order valence-electron chi connectivity index (χ3n) is 3.65. The molecule has 1 N–H and O–H groups in total. The van der Waals surface area contributed by atoms with Crippen molar-refractivity contribution in [3.8, 4) is 0 Å². The van der Waals surface area contributed by atoms with Crippen molar-refractivity contribution in [2.75, 3.05) is 19.6 Å². The highest BCUT2D eigenvalue weighted by atomic mass is 35.5. The van der Waals surface area contributed by atoms with Crippen LogP contribution in [-0.4, -0.2) is 36.6 Å². The Morgan fingerprint density at radius 3 is 2.87 bits per heavy atom. The van der Waals surface area contributed by atoms with E-state index in [0.717, 1.165) is 25.0 Å². The number of nitrogens with one attached hydrogen (secondary N) is 1. The van der Waals surface area contributed by atoms with Crippen molar-refractivity contribution in [3.05, 3.63) is 11.6 Å². The Balaban J connectivity index is 1.88. The van der Waals surface area contributed by atoms with E-state index in [-0.39, 0.29) is 0 Å². The van der Waals surface area contributed by atoms with Gasteiger partial charge in [0, 0.05) is 37.3 Å². The maximum Gasteiger partial charge on any atom is 0.0224 e. The zero-order valence-electron chi connectivity index (χ0n) is 9.45. The maximum absolute atomic E-state index is 5.60. The van der Waals surface area contributed by atoms with Gasteiger partial charge in [-0.2, -0.15) is 0 Å². The summed E-state index contributed by atoms with van der Waals surface area (Å²) in [5.41, 5.74) is 1.64. The van der Waals surface area contributed by atoms with Crippen LogP contribution < -0.4 is 5.32 Å². The number of rotatable bonds is 4. The lowest BCUT2D eigenvalue weighted by molar-refractivity contribution is 0.133. The van der Waals surface area contributed by atoms with Gasteiger partial charge in [-0.3, -0.25) is 4.90 Å². The van der Waals surface area contributed by atoms with E-state index in [4.69, 9.17) is 11.6 Å². The summed E-state index contributed by atoms with van der Waals surface area (Å²) in [6.07, 6.45) is 6.13. The van der Waals surface area contributed by atoms with Gasteiger partial charge in [-0.25, -0.2) is 0 Å². The predicted octanol–water partition coefficient (Wildman–Crippen LogP) is 2.20. The summed E-state index contributed by atoms with van der Waals surface area (Å²) in [5, 5.41) is 3.69. The van der Waals surface area contributed by atoms with E-state index in [1.165, 1.54) is 25.8 Å². The van der Waals surface area contributed by atoms with E-state index < -0.39 is 0 Å². The fourth-order valence-corrected chi connectivity index (χ4v) is 2.58. The van der Waals surface area contributed by atoms with Gasteiger partial charge in [0.05, 0.1) is 0 Å². The van der Waals surface area contributed by atoms with Crippen LogP contribution in [0.4, 0.5) is 0 Å². The Labute approximate surface area is 97.7 Å². The van der Waals surface area contributed by atoms with Crippen LogP contribution >= 0.6 is 11.6 Å². The van der Waals surface area contributed by atoms with E-state index in [9.17, 15) is 0 Å². The van der Waals surface area contributed by atoms with Crippen LogP contribution in [0.2, 0.25) is 0 Å². The van der Waals surface area contributed by atoms with Crippen molar-refractivity contribution in [1.29, 1.82) is 0 Å². The average molecular weight is 229 g/mol. The molecule has 2 aliphatic rings. The Morgan fingerprint density at radius 1 is 1.47 bits per heavy atom. The quantitative estimate of drug-likeness (QED) is 0.794. The molecule has 0 aromatic carbocycles. The number of nitrogens with zero attached hydrogens (tertiary/aromatic N) is 1. The van der Waals surface area contributed by atoms with Crippen molar-refractivity contribution in [2.24, 2.45) is 5.92 Å². The summed E-state index contributed by atoms with van der Waals surface area (Å²) in [6.45, 7) is 5.62. The molecule has 0 aromatic heterocycles. The maximum atomic E-state index is 5.60. The first-order chi connectivity index (χ1) is 7.35. The molecule has 2 unspecified atom stereocenters. The number of hydrogen-bond acceptors (Lipinski definition) is 2. The Hall–Kier alpha value is -0.0500. The molecule has 2 atom stereocenters. The third-order valence-corrected chi connectivity index (χ3v) is 3.83. The summed E-state index contributed by atoms with van der Waals surface area (Å²) in [5.74, 6) is 0.949. The topological polar surface area (TPSA) is 15.3 Å². The van der Waals surface area contributed by atoms with Crippen LogP contribution in [0.3, 0.4) is 0 Å². The van der Waals surface area contributed by atoms with Crippen LogP contribution in [0.1, 0.15) is 26.2 Å². The van der Waals surface area contributed by atoms with Crippen LogP contribution in [-0.2, 0) is 0 Å². The SMILES string of the molecule is CCC1CNC(C2CC2)CN1C/C=C/Cl. The molecule has 0 aromatic rings. The van der Waals surface area contributed by atoms with E-state index in [1.54, 1.807) is 5.54 Å². The lowest BCUT2D eigenvalue weighted by atomic mass is 10.0. The fourth-order valence-electron chi connectivity index (χ4n) is 2.50. The molecule has 0 spiro atoms. The number of hydrogen-bond donors (Lipinski definition) is 1. The Bertz CT molecular complexity index is 226. The molecule has 3 heteroatoms. The molecule has 2 fully saturated rings. The minimum atomic E-state index is 0.688. The molecular weight excluding hydrogens is 208 g/mol. The first kappa shape index (κ1) is 11.4. The minimum Gasteiger partial charge on any atom is -0.311 e. The van der Waals surface area contributed by atoms with Crippen molar-refractivity contribution in [3.63, 3.8) is 0 Å². The van der Waals surface area contributed by atoms with Gasteiger partial charge in [0.25, 0.3) is 0 Å². The van der Waals surface area contributed by atoms with Crippen molar-refractivity contribution < 1.29 is 0 Å². The molecule has 1 aliphatic heterocycles. The molecule has 1 saturated carbocycles. The first-order valence-corrected chi connectivity index (χ1v) is 6.51. The van der Waals surface area contributed by atoms with Crippen molar-refractivity contribution in [2.45, 2.75) is 38.3 Å². The molecule has 2 rings (SSSR count). The summed E-state index contributed by atoms with van der Waals surface area (Å²) >= 11 is 5.60. The van der Waals surface area contributed by atoms with Gasteiger partial charge in [-0.05, 0) is 25.2 Å². The largest absolute Gasteiger partial charge is 0.311 e. The van der Waals surface area contributed by atoms with E-state index in [0.29, 0.717) is 6.04 Å². The van der Waals surface area contributed by atoms with Gasteiger partial charge in [-0.15, -0.1) is 0 Å². The second kappa shape index (κ2) is 5.33. The first-order valence-electron chi connectivity index (χ1n) is 6.07. The molecule has 86 valence electrons. The summed E-state index contributed by atoms with van der Waals surface area (Å²) < 4.78 is 0. The monoisotopic (exact) mass is 228 g/mol. The molecule has 1 aliphatic carbocycles. The molecule has 0 bridgehead atoms. The molecule has 0 radical (unpaired) electrons. The van der Waals surface area contributed by atoms with Crippen LogP contribution in [0.15, 0.2) is 11.6 Å². The highest BCUT2D eigenvalue weighted by molar-refractivity contribution is 6.25. The number of halogens is 1. The normalized spacial score (nSPS) is 33.7. The summed E-state index contributed by atoms with van der Waals surface area (Å²) in [4.78, 5) is 2.57. The lowest BCUT2D eigenvalue weighted by Gasteiger charge is -2.39. The van der Waals surface area contributed by atoms with Gasteiger partial charge in [0.15, 0.2) is 0 Å². The highest BCUT2D eigenvalue weighted by Crippen LogP contribution is 2.34. The zero-order valence-corrected chi connectivity index (χ0v) is 10.2.